The molecule has 3 aromatic rings. The second kappa shape index (κ2) is 8.53. The minimum Gasteiger partial charge on any atom is -0.493 e. The summed E-state index contributed by atoms with van der Waals surface area (Å²) in [6.45, 7) is 0.782. The first-order valence-corrected chi connectivity index (χ1v) is 8.39. The molecule has 0 fully saturated rings. The molecular weight excluding hydrogens is 367 g/mol. The quantitative estimate of drug-likeness (QED) is 0.597. The summed E-state index contributed by atoms with van der Waals surface area (Å²) in [4.78, 5) is 15.5. The number of aromatic nitrogens is 1. The molecule has 0 aliphatic carbocycles. The Labute approximate surface area is 160 Å². The third-order valence-corrected chi connectivity index (χ3v) is 3.97. The average molecular weight is 386 g/mol. The molecule has 0 radical (unpaired) electrons. The van der Waals surface area contributed by atoms with Crippen LogP contribution in [0.2, 0.25) is 0 Å². The van der Waals surface area contributed by atoms with Crippen molar-refractivity contribution in [1.82, 2.24) is 4.98 Å². The van der Waals surface area contributed by atoms with E-state index in [1.165, 1.54) is 19.2 Å². The Kier molecular flexibility index (Phi) is 5.90. The fraction of sp³-hybridized carbons (Fsp3) is 0.200. The van der Waals surface area contributed by atoms with E-state index in [-0.39, 0.29) is 11.3 Å². The number of benzene rings is 2. The van der Waals surface area contributed by atoms with Gasteiger partial charge in [0.25, 0.3) is 0 Å². The molecule has 1 heterocycles. The number of hydrogen-bond donors (Lipinski definition) is 1. The molecule has 0 saturated heterocycles. The van der Waals surface area contributed by atoms with Gasteiger partial charge in [0.05, 0.1) is 19.2 Å². The lowest BCUT2D eigenvalue weighted by molar-refractivity contribution is 0.1000. The van der Waals surface area contributed by atoms with Gasteiger partial charge in [0, 0.05) is 30.3 Å². The molecule has 2 N–H and O–H groups in total. The van der Waals surface area contributed by atoms with Gasteiger partial charge in [-0.25, -0.2) is 4.39 Å². The Balaban J connectivity index is 1.97. The molecule has 0 aliphatic rings. The minimum absolute atomic E-state index is 0.0445. The molecule has 0 aliphatic heterocycles. The van der Waals surface area contributed by atoms with E-state index in [0.29, 0.717) is 41.4 Å². The summed E-state index contributed by atoms with van der Waals surface area (Å²) in [5.41, 5.74) is 5.80. The van der Waals surface area contributed by atoms with E-state index in [2.05, 4.69) is 4.98 Å². The predicted octanol–water partition coefficient (Wildman–Crippen LogP) is 3.30. The monoisotopic (exact) mass is 386 g/mol. The van der Waals surface area contributed by atoms with Crippen LogP contribution in [-0.2, 0) is 4.74 Å². The van der Waals surface area contributed by atoms with Gasteiger partial charge in [-0.2, -0.15) is 0 Å². The number of carbonyl (C=O) groups excluding carboxylic acids is 1. The molecule has 28 heavy (non-hydrogen) atoms. The fourth-order valence-electron chi connectivity index (χ4n) is 2.58. The summed E-state index contributed by atoms with van der Waals surface area (Å²) in [6, 6.07) is 8.80. The van der Waals surface area contributed by atoms with E-state index in [9.17, 15) is 9.18 Å². The first kappa shape index (κ1) is 19.4. The molecule has 2 aromatic carbocycles. The number of fused-ring (bicyclic) bond motifs is 1. The van der Waals surface area contributed by atoms with Crippen LogP contribution in [0, 0.1) is 5.82 Å². The van der Waals surface area contributed by atoms with Gasteiger partial charge >= 0.3 is 0 Å². The van der Waals surface area contributed by atoms with Gasteiger partial charge < -0.3 is 24.7 Å². The van der Waals surface area contributed by atoms with Crippen LogP contribution in [0.15, 0.2) is 42.6 Å². The number of rotatable bonds is 8. The summed E-state index contributed by atoms with van der Waals surface area (Å²) in [6.07, 6.45) is 1.54. The number of nitrogens with zero attached hydrogens (tertiary/aromatic N) is 1. The van der Waals surface area contributed by atoms with Gasteiger partial charge in [-0.05, 0) is 30.3 Å². The number of carbonyl (C=O) groups is 1. The standard InChI is InChI=1S/C20H19FN2O5/c1-25-7-8-27-19-11-15-13(10-18(19)26-2)16(5-6-23-15)28-17-4-3-12(20(22)24)9-14(17)21/h3-6,9-11H,7-8H2,1-2H3,(H2,22,24). The van der Waals surface area contributed by atoms with E-state index in [4.69, 9.17) is 24.7 Å². The molecule has 1 amide bonds. The molecule has 7 nitrogen and oxygen atoms in total. The van der Waals surface area contributed by atoms with Crippen LogP contribution in [0.25, 0.3) is 10.9 Å². The molecule has 1 aromatic heterocycles. The van der Waals surface area contributed by atoms with Crippen LogP contribution in [0.1, 0.15) is 10.4 Å². The molecule has 0 bridgehead atoms. The fourth-order valence-corrected chi connectivity index (χ4v) is 2.58. The third kappa shape index (κ3) is 4.12. The Bertz CT molecular complexity index is 1010. The van der Waals surface area contributed by atoms with Gasteiger partial charge in [-0.1, -0.05) is 0 Å². The average Bonchev–Trinajstić information content (AvgIpc) is 2.69. The van der Waals surface area contributed by atoms with Crippen molar-refractivity contribution in [2.45, 2.75) is 0 Å². The van der Waals surface area contributed by atoms with Crippen LogP contribution in [0.4, 0.5) is 4.39 Å². The number of methoxy groups -OCH3 is 2. The van der Waals surface area contributed by atoms with Gasteiger partial charge in [0.2, 0.25) is 5.91 Å². The zero-order valence-electron chi connectivity index (χ0n) is 15.4. The highest BCUT2D eigenvalue weighted by molar-refractivity contribution is 5.93. The maximum atomic E-state index is 14.3. The SMILES string of the molecule is COCCOc1cc2nccc(Oc3ccc(C(N)=O)cc3F)c2cc1OC. The topological polar surface area (TPSA) is 92.9 Å². The van der Waals surface area contributed by atoms with Crippen molar-refractivity contribution in [3.05, 3.63) is 54.0 Å². The number of ether oxygens (including phenoxy) is 4. The molecule has 146 valence electrons. The lowest BCUT2D eigenvalue weighted by Gasteiger charge is -2.14. The maximum absolute atomic E-state index is 14.3. The molecule has 0 spiro atoms. The van der Waals surface area contributed by atoms with E-state index in [0.717, 1.165) is 6.07 Å². The van der Waals surface area contributed by atoms with Crippen molar-refractivity contribution >= 4 is 16.8 Å². The minimum atomic E-state index is -0.717. The van der Waals surface area contributed by atoms with E-state index in [1.807, 2.05) is 0 Å². The lowest BCUT2D eigenvalue weighted by atomic mass is 10.1. The highest BCUT2D eigenvalue weighted by Gasteiger charge is 2.14. The van der Waals surface area contributed by atoms with Crippen molar-refractivity contribution in [2.75, 3.05) is 27.4 Å². The summed E-state index contributed by atoms with van der Waals surface area (Å²) >= 11 is 0. The van der Waals surface area contributed by atoms with Crippen LogP contribution in [0.3, 0.4) is 0 Å². The first-order valence-electron chi connectivity index (χ1n) is 8.39. The normalized spacial score (nSPS) is 10.7. The zero-order valence-corrected chi connectivity index (χ0v) is 15.4. The molecule has 3 rings (SSSR count). The Hall–Kier alpha value is -3.39. The van der Waals surface area contributed by atoms with E-state index < -0.39 is 11.7 Å². The largest absolute Gasteiger partial charge is 0.493 e. The van der Waals surface area contributed by atoms with Crippen molar-refractivity contribution < 1.29 is 28.1 Å². The van der Waals surface area contributed by atoms with E-state index >= 15 is 0 Å². The van der Waals surface area contributed by atoms with Crippen LogP contribution in [-0.4, -0.2) is 38.3 Å². The van der Waals surface area contributed by atoms with Gasteiger partial charge in [-0.15, -0.1) is 0 Å². The maximum Gasteiger partial charge on any atom is 0.248 e. The summed E-state index contributed by atoms with van der Waals surface area (Å²) in [5.74, 6) is -0.104. The predicted molar refractivity (Wildman–Crippen MR) is 101 cm³/mol. The zero-order chi connectivity index (χ0) is 20.1. The Morgan fingerprint density at radius 3 is 2.54 bits per heavy atom. The molecule has 0 atom stereocenters. The summed E-state index contributed by atoms with van der Waals surface area (Å²) in [7, 11) is 3.10. The van der Waals surface area contributed by atoms with Gasteiger partial charge in [0.1, 0.15) is 12.4 Å². The molecular formula is C20H19FN2O5. The van der Waals surface area contributed by atoms with Crippen molar-refractivity contribution in [2.24, 2.45) is 5.73 Å². The smallest absolute Gasteiger partial charge is 0.248 e. The van der Waals surface area contributed by atoms with Crippen molar-refractivity contribution in [1.29, 1.82) is 0 Å². The number of halogens is 1. The second-order valence-corrected chi connectivity index (χ2v) is 5.78. The Morgan fingerprint density at radius 1 is 1.04 bits per heavy atom. The highest BCUT2D eigenvalue weighted by Crippen LogP contribution is 2.37. The number of amides is 1. The molecule has 0 saturated carbocycles. The summed E-state index contributed by atoms with van der Waals surface area (Å²) in [5, 5.41) is 0.608. The van der Waals surface area contributed by atoms with Crippen LogP contribution < -0.4 is 19.9 Å². The molecule has 8 heteroatoms. The lowest BCUT2D eigenvalue weighted by Crippen LogP contribution is -2.11. The van der Waals surface area contributed by atoms with Crippen LogP contribution in [0.5, 0.6) is 23.0 Å². The van der Waals surface area contributed by atoms with E-state index in [1.54, 1.807) is 31.5 Å². The number of pyridine rings is 1. The van der Waals surface area contributed by atoms with Crippen molar-refractivity contribution in [3.63, 3.8) is 0 Å². The number of primary amides is 1. The molecule has 0 unspecified atom stereocenters. The number of hydrogen-bond acceptors (Lipinski definition) is 6. The summed E-state index contributed by atoms with van der Waals surface area (Å²) < 4.78 is 36.0. The van der Waals surface area contributed by atoms with Gasteiger partial charge in [-0.3, -0.25) is 9.78 Å². The number of nitrogens with two attached hydrogens (primary N) is 1. The highest BCUT2D eigenvalue weighted by atomic mass is 19.1. The Morgan fingerprint density at radius 2 is 1.86 bits per heavy atom. The second-order valence-electron chi connectivity index (χ2n) is 5.78. The van der Waals surface area contributed by atoms with Crippen molar-refractivity contribution in [3.8, 4) is 23.0 Å². The first-order chi connectivity index (χ1) is 13.5. The third-order valence-electron chi connectivity index (χ3n) is 3.97. The van der Waals surface area contributed by atoms with Crippen LogP contribution >= 0.6 is 0 Å². The van der Waals surface area contributed by atoms with Gasteiger partial charge in [0.15, 0.2) is 23.1 Å².